The molecule has 4 aromatic rings. The zero-order valence-corrected chi connectivity index (χ0v) is 42.8. The van der Waals surface area contributed by atoms with Gasteiger partial charge in [0.05, 0.1) is 59.9 Å². The zero-order chi connectivity index (χ0) is 50.9. The summed E-state index contributed by atoms with van der Waals surface area (Å²) < 4.78 is 63.7. The Kier molecular flexibility index (Phi) is 15.7. The number of benzene rings is 1. The summed E-state index contributed by atoms with van der Waals surface area (Å²) in [6, 6.07) is 3.91. The largest absolute Gasteiger partial charge is 0.464 e. The first-order chi connectivity index (χ1) is 33.7. The Bertz CT molecular complexity index is 2590. The molecule has 21 heteroatoms. The van der Waals surface area contributed by atoms with Gasteiger partial charge in [-0.25, -0.2) is 15.2 Å². The van der Waals surface area contributed by atoms with Crippen LogP contribution in [-0.2, 0) is 48.0 Å². The molecule has 0 aliphatic carbocycles. The number of ether oxygens (including phenoxy) is 3. The third-order valence-electron chi connectivity index (χ3n) is 14.0. The minimum Gasteiger partial charge on any atom is -0.464 e. The molecule has 17 nitrogen and oxygen atoms in total. The summed E-state index contributed by atoms with van der Waals surface area (Å²) in [5, 5.41) is 7.23. The number of piperazine rings is 1. The van der Waals surface area contributed by atoms with Crippen LogP contribution in [0.5, 0.6) is 0 Å². The molecule has 7 heterocycles. The van der Waals surface area contributed by atoms with Crippen molar-refractivity contribution in [2.75, 3.05) is 91.7 Å². The first-order valence-corrected chi connectivity index (χ1v) is 25.4. The van der Waals surface area contributed by atoms with Crippen LogP contribution in [0.1, 0.15) is 69.8 Å². The Morgan fingerprint density at radius 3 is 2.48 bits per heavy atom. The molecule has 386 valence electrons. The molecule has 4 aliphatic heterocycles. The Balaban J connectivity index is 1.24. The lowest BCUT2D eigenvalue weighted by Crippen LogP contribution is -2.62. The highest BCUT2D eigenvalue weighted by Gasteiger charge is 2.40. The third-order valence-corrected chi connectivity index (χ3v) is 14.9. The lowest BCUT2D eigenvalue weighted by atomic mass is 9.84. The summed E-state index contributed by atoms with van der Waals surface area (Å²) in [6.45, 7) is 12.8. The van der Waals surface area contributed by atoms with Gasteiger partial charge in [0, 0.05) is 99.2 Å². The summed E-state index contributed by atoms with van der Waals surface area (Å²) >= 11 is 1.29. The monoisotopic (exact) mass is 1010 g/mol. The van der Waals surface area contributed by atoms with Gasteiger partial charge < -0.3 is 43.7 Å². The summed E-state index contributed by atoms with van der Waals surface area (Å²) in [7, 11) is 5.18. The molecule has 4 amide bonds. The molecule has 3 saturated heterocycles. The Hall–Kier alpha value is -5.35. The fourth-order valence-electron chi connectivity index (χ4n) is 10.1. The molecule has 6 bridgehead atoms. The molecular formula is C50H67F3N10O7S. The number of esters is 1. The van der Waals surface area contributed by atoms with E-state index in [1.54, 1.807) is 37.4 Å². The molecule has 2 N–H and O–H groups in total. The van der Waals surface area contributed by atoms with Crippen molar-refractivity contribution in [1.29, 1.82) is 0 Å². The second-order valence-electron chi connectivity index (χ2n) is 20.4. The maximum Gasteiger partial charge on any atom is 0.406 e. The number of nitrogens with zero attached hydrogens (tertiary/aromatic N) is 8. The summed E-state index contributed by atoms with van der Waals surface area (Å²) in [6.07, 6.45) is -2.41. The molecule has 4 aliphatic rings. The van der Waals surface area contributed by atoms with Gasteiger partial charge >= 0.3 is 18.2 Å². The van der Waals surface area contributed by atoms with Crippen molar-refractivity contribution in [2.45, 2.75) is 97.3 Å². The number of carbonyl (C=O) groups excluding carboxylic acids is 4. The fraction of sp³-hybridized carbons (Fsp3) is 0.600. The number of halogens is 3. The molecule has 0 unspecified atom stereocenters. The van der Waals surface area contributed by atoms with Crippen LogP contribution in [0.25, 0.3) is 33.4 Å². The number of fused-ring (bicyclic) bond motifs is 6. The smallest absolute Gasteiger partial charge is 0.406 e. The number of hydrogen-bond donors (Lipinski definition) is 2. The average Bonchev–Trinajstić information content (AvgIpc) is 3.93. The van der Waals surface area contributed by atoms with Crippen molar-refractivity contribution >= 4 is 51.7 Å². The second kappa shape index (κ2) is 21.4. The number of aromatic nitrogens is 3. The van der Waals surface area contributed by atoms with Gasteiger partial charge in [-0.3, -0.25) is 24.4 Å². The number of morpholine rings is 1. The molecule has 0 radical (unpaired) electrons. The topological polar surface area (TPSA) is 167 Å². The molecule has 3 aromatic heterocycles. The van der Waals surface area contributed by atoms with Crippen LogP contribution in [0.3, 0.4) is 0 Å². The number of carbonyl (C=O) groups is 4. The maximum atomic E-state index is 15.0. The predicted octanol–water partition coefficient (Wildman–Crippen LogP) is 5.91. The van der Waals surface area contributed by atoms with E-state index in [0.717, 1.165) is 18.8 Å². The Morgan fingerprint density at radius 1 is 1.06 bits per heavy atom. The SMILES string of the molecule is CO[C@@H](C)c1ncc(N2CCN(C)CC2)cc1-c1c2c3cc(ccc3n1CC(F)(F)F)-c1csc(n1)C[C@H](NC(=O)[C@H](C(C)C)N(C)C(=O)N1CCOCC1)C(=O)N1CCC[C@H](N1)C(=O)OCC(C)(C)C2. The number of anilines is 1. The number of alkyl halides is 3. The number of pyridine rings is 1. The van der Waals surface area contributed by atoms with Crippen LogP contribution in [0.4, 0.5) is 23.7 Å². The van der Waals surface area contributed by atoms with Crippen molar-refractivity contribution in [3.05, 3.63) is 52.1 Å². The molecule has 4 atom stereocenters. The van der Waals surface area contributed by atoms with Crippen molar-refractivity contribution in [3.63, 3.8) is 0 Å². The van der Waals surface area contributed by atoms with Gasteiger partial charge in [0.15, 0.2) is 0 Å². The van der Waals surface area contributed by atoms with E-state index in [0.29, 0.717) is 102 Å². The van der Waals surface area contributed by atoms with Crippen molar-refractivity contribution in [3.8, 4) is 22.5 Å². The van der Waals surface area contributed by atoms with E-state index in [-0.39, 0.29) is 37.9 Å². The third kappa shape index (κ3) is 11.6. The van der Waals surface area contributed by atoms with E-state index in [1.165, 1.54) is 25.8 Å². The quantitative estimate of drug-likeness (QED) is 0.191. The molecule has 3 fully saturated rings. The van der Waals surface area contributed by atoms with Crippen LogP contribution in [0, 0.1) is 11.3 Å². The van der Waals surface area contributed by atoms with E-state index < -0.39 is 60.1 Å². The number of rotatable bonds is 9. The van der Waals surface area contributed by atoms with Gasteiger partial charge in [-0.1, -0.05) is 33.8 Å². The van der Waals surface area contributed by atoms with E-state index >= 15 is 13.2 Å². The first kappa shape index (κ1) is 52.0. The Morgan fingerprint density at radius 2 is 1.79 bits per heavy atom. The molecular weight excluding hydrogens is 942 g/mol. The standard InChI is InChI=1S/C50H67F3N10O7S/c1-30(2)43(59(7)48(67)61-18-20-69-21-19-61)45(64)56-38-24-41-55-39(27-71-41)32-11-12-40-34(22-32)36(25-49(4,5)29-70-47(66)37-10-9-13-63(57-37)46(38)65)44(62(40)28-50(51,52)53)35-23-33(26-54-42(35)31(3)68-8)60-16-14-58(6)15-17-60/h11-12,22-23,26-27,30-31,37-38,43,57H,9-10,13-21,24-25,28-29H2,1-8H3,(H,56,64)/t31-,37-,38-,43-/m0/s1. The van der Waals surface area contributed by atoms with E-state index in [2.05, 4.69) is 27.6 Å². The number of thiazole rings is 1. The normalized spacial score (nSPS) is 21.5. The fourth-order valence-corrected chi connectivity index (χ4v) is 11.0. The number of hydrazine groups is 1. The average molecular weight is 1010 g/mol. The molecule has 8 rings (SSSR count). The molecule has 0 saturated carbocycles. The predicted molar refractivity (Wildman–Crippen MR) is 264 cm³/mol. The van der Waals surface area contributed by atoms with Crippen molar-refractivity contribution in [2.24, 2.45) is 11.3 Å². The van der Waals surface area contributed by atoms with Gasteiger partial charge in [0.2, 0.25) is 5.91 Å². The number of cyclic esters (lactones) is 1. The highest BCUT2D eigenvalue weighted by Crippen LogP contribution is 2.44. The number of methoxy groups -OCH3 is 1. The van der Waals surface area contributed by atoms with Crippen LogP contribution in [0.2, 0.25) is 0 Å². The van der Waals surface area contributed by atoms with E-state index in [1.807, 2.05) is 52.1 Å². The number of hydrogen-bond acceptors (Lipinski definition) is 13. The molecule has 71 heavy (non-hydrogen) atoms. The summed E-state index contributed by atoms with van der Waals surface area (Å²) in [4.78, 5) is 74.1. The summed E-state index contributed by atoms with van der Waals surface area (Å²) in [5.74, 6) is -1.94. The lowest BCUT2D eigenvalue weighted by Gasteiger charge is -2.38. The van der Waals surface area contributed by atoms with Gasteiger partial charge in [-0.05, 0) is 62.9 Å². The number of likely N-dealkylation sites (N-methyl/N-ethyl adjacent to an activating group) is 2. The second-order valence-corrected chi connectivity index (χ2v) is 21.3. The van der Waals surface area contributed by atoms with Crippen LogP contribution in [0.15, 0.2) is 35.8 Å². The number of nitrogens with one attached hydrogen (secondary N) is 2. The van der Waals surface area contributed by atoms with Gasteiger partial charge in [0.1, 0.15) is 24.7 Å². The highest BCUT2D eigenvalue weighted by atomic mass is 32.1. The first-order valence-electron chi connectivity index (χ1n) is 24.5. The zero-order valence-electron chi connectivity index (χ0n) is 41.9. The summed E-state index contributed by atoms with van der Waals surface area (Å²) in [5.41, 5.74) is 6.54. The van der Waals surface area contributed by atoms with Gasteiger partial charge in [-0.2, -0.15) is 13.2 Å². The van der Waals surface area contributed by atoms with E-state index in [4.69, 9.17) is 24.2 Å². The molecule has 1 aromatic carbocycles. The minimum absolute atomic E-state index is 0.0284. The van der Waals surface area contributed by atoms with E-state index in [9.17, 15) is 19.2 Å². The van der Waals surface area contributed by atoms with Crippen LogP contribution in [-0.4, -0.2) is 169 Å². The van der Waals surface area contributed by atoms with Crippen molar-refractivity contribution < 1.29 is 46.6 Å². The minimum atomic E-state index is -4.61. The van der Waals surface area contributed by atoms with Crippen molar-refractivity contribution in [1.82, 2.24) is 45.0 Å². The lowest BCUT2D eigenvalue weighted by molar-refractivity contribution is -0.155. The van der Waals surface area contributed by atoms with Crippen LogP contribution >= 0.6 is 11.3 Å². The number of amides is 4. The maximum absolute atomic E-state index is 15.0. The Labute approximate surface area is 416 Å². The van der Waals surface area contributed by atoms with Gasteiger partial charge in [-0.15, -0.1) is 11.3 Å². The number of urea groups is 1. The highest BCUT2D eigenvalue weighted by molar-refractivity contribution is 7.10. The molecule has 0 spiro atoms. The van der Waals surface area contributed by atoms with Crippen LogP contribution < -0.4 is 15.6 Å². The van der Waals surface area contributed by atoms with Gasteiger partial charge in [0.25, 0.3) is 5.91 Å².